The number of hydrogen-bond donors (Lipinski definition) is 0. The third-order valence-corrected chi connectivity index (χ3v) is 9.74. The van der Waals surface area contributed by atoms with E-state index in [0.717, 1.165) is 0 Å². The predicted octanol–water partition coefficient (Wildman–Crippen LogP) is 12.2. The van der Waals surface area contributed by atoms with Crippen molar-refractivity contribution in [3.8, 4) is 27.9 Å². The van der Waals surface area contributed by atoms with E-state index in [1.54, 1.807) is 0 Å². The minimum atomic E-state index is 1.17. The average Bonchev–Trinajstić information content (AvgIpc) is 3.45. The Kier molecular flexibility index (Phi) is 5.06. The summed E-state index contributed by atoms with van der Waals surface area (Å²) in [5.74, 6) is 0. The Morgan fingerprint density at radius 1 is 0.311 bits per heavy atom. The maximum Gasteiger partial charge on any atom is 0.0541 e. The van der Waals surface area contributed by atoms with E-state index in [2.05, 4.69) is 168 Å². The van der Waals surface area contributed by atoms with E-state index in [-0.39, 0.29) is 0 Å². The molecular formula is C44H27N. The fraction of sp³-hybridized carbons (Fsp3) is 0. The van der Waals surface area contributed by atoms with Gasteiger partial charge in [-0.15, -0.1) is 0 Å². The third kappa shape index (κ3) is 3.50. The van der Waals surface area contributed by atoms with E-state index in [0.29, 0.717) is 0 Å². The van der Waals surface area contributed by atoms with Crippen molar-refractivity contribution in [2.24, 2.45) is 0 Å². The lowest BCUT2D eigenvalue weighted by atomic mass is 9.86. The van der Waals surface area contributed by atoms with Gasteiger partial charge in [-0.3, -0.25) is 0 Å². The summed E-state index contributed by atoms with van der Waals surface area (Å²) in [4.78, 5) is 0. The SMILES string of the molecule is c1cc(-c2ccc3ccc4ccc(-c5cccc6ccccc56)c5ccc2c3c45)cc(-n2c3ccccc3c3ccccc32)c1. The Bertz CT molecular complexity index is 2700. The highest BCUT2D eigenvalue weighted by Crippen LogP contribution is 2.44. The Morgan fingerprint density at radius 2 is 0.844 bits per heavy atom. The van der Waals surface area contributed by atoms with Crippen molar-refractivity contribution in [1.82, 2.24) is 4.57 Å². The molecule has 0 N–H and O–H groups in total. The van der Waals surface area contributed by atoms with Crippen LogP contribution in [0, 0.1) is 0 Å². The fourth-order valence-corrected chi connectivity index (χ4v) is 7.76. The van der Waals surface area contributed by atoms with Gasteiger partial charge in [0.05, 0.1) is 11.0 Å². The van der Waals surface area contributed by atoms with E-state index in [4.69, 9.17) is 0 Å². The summed E-state index contributed by atoms with van der Waals surface area (Å²) in [5.41, 5.74) is 8.68. The normalized spacial score (nSPS) is 12.0. The quantitative estimate of drug-likeness (QED) is 0.187. The first kappa shape index (κ1) is 24.5. The van der Waals surface area contributed by atoms with Crippen molar-refractivity contribution >= 4 is 64.9 Å². The molecule has 0 unspecified atom stereocenters. The molecule has 10 rings (SSSR count). The van der Waals surface area contributed by atoms with Gasteiger partial charge in [0.2, 0.25) is 0 Å². The summed E-state index contributed by atoms with van der Waals surface area (Å²) in [6.45, 7) is 0. The van der Waals surface area contributed by atoms with Crippen LogP contribution < -0.4 is 0 Å². The minimum Gasteiger partial charge on any atom is -0.309 e. The molecule has 10 aromatic rings. The van der Waals surface area contributed by atoms with Crippen LogP contribution in [-0.4, -0.2) is 4.57 Å². The van der Waals surface area contributed by atoms with Crippen LogP contribution in [0.5, 0.6) is 0 Å². The van der Waals surface area contributed by atoms with Crippen LogP contribution in [0.2, 0.25) is 0 Å². The Hall–Kier alpha value is -5.92. The van der Waals surface area contributed by atoms with Crippen molar-refractivity contribution < 1.29 is 0 Å². The predicted molar refractivity (Wildman–Crippen MR) is 193 cm³/mol. The van der Waals surface area contributed by atoms with Crippen LogP contribution in [0.25, 0.3) is 92.8 Å². The second kappa shape index (κ2) is 9.29. The third-order valence-electron chi connectivity index (χ3n) is 9.74. The standard InChI is InChI=1S/C44H27N/c1-2-13-33-28(9-1)10-8-16-35(33)36-24-22-30-20-19-29-21-23-34(39-25-26-40(36)44(30)43(29)39)31-11-7-12-32(27-31)45-41-17-5-3-14-37(41)38-15-4-6-18-42(38)45/h1-27H. The number of fused-ring (bicyclic) bond motifs is 4. The molecule has 0 atom stereocenters. The fourth-order valence-electron chi connectivity index (χ4n) is 7.76. The Morgan fingerprint density at radius 3 is 1.58 bits per heavy atom. The van der Waals surface area contributed by atoms with Gasteiger partial charge in [-0.2, -0.15) is 0 Å². The number of rotatable bonds is 3. The van der Waals surface area contributed by atoms with Gasteiger partial charge in [-0.1, -0.05) is 140 Å². The van der Waals surface area contributed by atoms with E-state index in [9.17, 15) is 0 Å². The van der Waals surface area contributed by atoms with Gasteiger partial charge >= 0.3 is 0 Å². The van der Waals surface area contributed by atoms with E-state index < -0.39 is 0 Å². The molecule has 0 saturated heterocycles. The molecule has 0 aliphatic heterocycles. The van der Waals surface area contributed by atoms with E-state index in [1.807, 2.05) is 0 Å². The van der Waals surface area contributed by atoms with Crippen LogP contribution in [0.3, 0.4) is 0 Å². The summed E-state index contributed by atoms with van der Waals surface area (Å²) in [7, 11) is 0. The number of benzene rings is 9. The van der Waals surface area contributed by atoms with Crippen molar-refractivity contribution in [2.75, 3.05) is 0 Å². The van der Waals surface area contributed by atoms with Crippen LogP contribution >= 0.6 is 0 Å². The summed E-state index contributed by atoms with van der Waals surface area (Å²) < 4.78 is 2.40. The molecule has 1 heterocycles. The zero-order chi connectivity index (χ0) is 29.5. The first-order valence-electron chi connectivity index (χ1n) is 15.6. The second-order valence-electron chi connectivity index (χ2n) is 12.1. The van der Waals surface area contributed by atoms with Crippen LogP contribution in [0.4, 0.5) is 0 Å². The molecule has 0 aliphatic rings. The van der Waals surface area contributed by atoms with Gasteiger partial charge < -0.3 is 4.57 Å². The smallest absolute Gasteiger partial charge is 0.0541 e. The molecule has 1 nitrogen and oxygen atoms in total. The molecular weight excluding hydrogens is 542 g/mol. The summed E-state index contributed by atoms with van der Waals surface area (Å²) >= 11 is 0. The monoisotopic (exact) mass is 569 g/mol. The zero-order valence-electron chi connectivity index (χ0n) is 24.5. The highest BCUT2D eigenvalue weighted by atomic mass is 15.0. The number of para-hydroxylation sites is 2. The Labute approximate surface area is 260 Å². The van der Waals surface area contributed by atoms with Crippen LogP contribution in [0.15, 0.2) is 164 Å². The van der Waals surface area contributed by atoms with Crippen molar-refractivity contribution in [3.05, 3.63) is 164 Å². The molecule has 1 aromatic heterocycles. The number of nitrogens with zero attached hydrogens (tertiary/aromatic N) is 1. The topological polar surface area (TPSA) is 4.93 Å². The van der Waals surface area contributed by atoms with Gasteiger partial charge in [-0.25, -0.2) is 0 Å². The van der Waals surface area contributed by atoms with Gasteiger partial charge in [0.1, 0.15) is 0 Å². The van der Waals surface area contributed by atoms with Crippen molar-refractivity contribution in [3.63, 3.8) is 0 Å². The van der Waals surface area contributed by atoms with Gasteiger partial charge in [0.15, 0.2) is 0 Å². The molecule has 0 aliphatic carbocycles. The average molecular weight is 570 g/mol. The molecule has 0 bridgehead atoms. The lowest BCUT2D eigenvalue weighted by molar-refractivity contribution is 1.18. The maximum absolute atomic E-state index is 2.40. The molecule has 0 amide bonds. The molecule has 0 fully saturated rings. The Balaban J connectivity index is 1.22. The molecule has 1 heteroatoms. The zero-order valence-corrected chi connectivity index (χ0v) is 24.5. The summed E-state index contributed by atoms with van der Waals surface area (Å²) in [5, 5.41) is 13.0. The van der Waals surface area contributed by atoms with Gasteiger partial charge in [0, 0.05) is 16.5 Å². The largest absolute Gasteiger partial charge is 0.309 e. The molecule has 9 aromatic carbocycles. The van der Waals surface area contributed by atoms with Gasteiger partial charge in [-0.05, 0) is 89.6 Å². The van der Waals surface area contributed by atoms with Crippen molar-refractivity contribution in [2.45, 2.75) is 0 Å². The highest BCUT2D eigenvalue weighted by Gasteiger charge is 2.17. The first-order chi connectivity index (χ1) is 22.3. The first-order valence-corrected chi connectivity index (χ1v) is 15.6. The molecule has 0 spiro atoms. The van der Waals surface area contributed by atoms with E-state index >= 15 is 0 Å². The highest BCUT2D eigenvalue weighted by molar-refractivity contribution is 6.28. The lowest BCUT2D eigenvalue weighted by Gasteiger charge is -2.18. The number of hydrogen-bond acceptors (Lipinski definition) is 0. The molecule has 0 saturated carbocycles. The number of aromatic nitrogens is 1. The van der Waals surface area contributed by atoms with Crippen LogP contribution in [-0.2, 0) is 0 Å². The van der Waals surface area contributed by atoms with Crippen LogP contribution in [0.1, 0.15) is 0 Å². The second-order valence-corrected chi connectivity index (χ2v) is 12.1. The molecule has 45 heavy (non-hydrogen) atoms. The van der Waals surface area contributed by atoms with Gasteiger partial charge in [0.25, 0.3) is 0 Å². The molecule has 0 radical (unpaired) electrons. The summed E-state index contributed by atoms with van der Waals surface area (Å²) in [6.07, 6.45) is 0. The minimum absolute atomic E-state index is 1.17. The maximum atomic E-state index is 2.40. The van der Waals surface area contributed by atoms with E-state index in [1.165, 1.54) is 92.8 Å². The molecule has 208 valence electrons. The summed E-state index contributed by atoms with van der Waals surface area (Å²) in [6, 6.07) is 60.3. The lowest BCUT2D eigenvalue weighted by Crippen LogP contribution is -1.94. The van der Waals surface area contributed by atoms with Crippen molar-refractivity contribution in [1.29, 1.82) is 0 Å².